The van der Waals surface area contributed by atoms with Crippen LogP contribution in [-0.2, 0) is 24.4 Å². The number of rotatable bonds is 38. The maximum absolute atomic E-state index is 10.2. The van der Waals surface area contributed by atoms with Gasteiger partial charge in [0.15, 0.2) is 0 Å². The van der Waals surface area contributed by atoms with Crippen LogP contribution >= 0.6 is 0 Å². The van der Waals surface area contributed by atoms with Gasteiger partial charge in [0.2, 0.25) is 0 Å². The van der Waals surface area contributed by atoms with Crippen molar-refractivity contribution in [1.29, 1.82) is 0 Å². The second-order valence-corrected chi connectivity index (χ2v) is 15.7. The van der Waals surface area contributed by atoms with E-state index in [-0.39, 0.29) is 59.1 Å². The smallest absolute Gasteiger partial charge is 0.550 e. The van der Waals surface area contributed by atoms with Gasteiger partial charge in [0.1, 0.15) is 5.25 Å². The van der Waals surface area contributed by atoms with E-state index in [1.165, 1.54) is 205 Å². The molecule has 0 spiro atoms. The number of hydrogen-bond acceptors (Lipinski definition) is 7. The van der Waals surface area contributed by atoms with Crippen LogP contribution in [-0.4, -0.2) is 43.4 Å². The van der Waals surface area contributed by atoms with Crippen LogP contribution < -0.4 is 69.3 Å². The predicted octanol–water partition coefficient (Wildman–Crippen LogP) is 3.67. The minimum absolute atomic E-state index is 0. The minimum atomic E-state index is -4.94. The predicted molar refractivity (Wildman–Crippen MR) is 200 cm³/mol. The van der Waals surface area contributed by atoms with E-state index in [4.69, 9.17) is 9.29 Å². The zero-order valence-electron chi connectivity index (χ0n) is 34.0. The van der Waals surface area contributed by atoms with Gasteiger partial charge in [-0.3, -0.25) is 4.55 Å². The van der Waals surface area contributed by atoms with Crippen molar-refractivity contribution in [3.8, 4) is 0 Å². The fourth-order valence-corrected chi connectivity index (χ4v) is 6.66. The Kier molecular flexibility index (Phi) is 53.9. The molecule has 0 aliphatic rings. The second kappa shape index (κ2) is 47.0. The van der Waals surface area contributed by atoms with Crippen LogP contribution in [0.15, 0.2) is 0 Å². The summed E-state index contributed by atoms with van der Waals surface area (Å²) in [6, 6.07) is 0. The molecule has 0 rings (SSSR count). The van der Waals surface area contributed by atoms with E-state index in [1.807, 2.05) is 0 Å². The first-order valence-electron chi connectivity index (χ1n) is 20.6. The molecule has 0 aliphatic heterocycles. The number of ether oxygens (including phenoxy) is 1. The molecule has 8 nitrogen and oxygen atoms in total. The molecule has 0 saturated carbocycles. The Labute approximate surface area is 359 Å². The standard InChI is InChI=1S/C36H74O.C4H6O7S.2Na/c1-3-5-7-9-11-13-15-17-19-21-23-25-27-29-31-33-35-37-36-34-32-30-28-26-24-22-20-18-16-14-12-10-8-6-4-2;5-3(6)1-2(4(7)8)12(9,10)11;;/h3-36H2,1-2H3;2H,1H2,(H,5,6)(H,7,8)(H,9,10,11);;/q;;2*+1/p-2. The Morgan fingerprint density at radius 1 is 0.471 bits per heavy atom. The van der Waals surface area contributed by atoms with Gasteiger partial charge in [-0.15, -0.1) is 0 Å². The van der Waals surface area contributed by atoms with E-state index in [0.29, 0.717) is 0 Å². The number of hydrogen-bond donors (Lipinski definition) is 1. The molecule has 1 atom stereocenters. The van der Waals surface area contributed by atoms with Crippen molar-refractivity contribution in [3.05, 3.63) is 0 Å². The van der Waals surface area contributed by atoms with Gasteiger partial charge >= 0.3 is 59.1 Å². The van der Waals surface area contributed by atoms with Crippen molar-refractivity contribution in [3.63, 3.8) is 0 Å². The number of carbonyl (C=O) groups is 2. The van der Waals surface area contributed by atoms with Crippen molar-refractivity contribution >= 4 is 22.1 Å². The van der Waals surface area contributed by atoms with Crippen molar-refractivity contribution in [2.45, 2.75) is 231 Å². The molecule has 0 aliphatic carbocycles. The third-order valence-electron chi connectivity index (χ3n) is 9.26. The molecule has 0 aromatic heterocycles. The zero-order chi connectivity index (χ0) is 36.7. The summed E-state index contributed by atoms with van der Waals surface area (Å²) in [5.41, 5.74) is 0. The molecular weight excluding hydrogens is 686 g/mol. The van der Waals surface area contributed by atoms with Gasteiger partial charge in [-0.2, -0.15) is 8.42 Å². The van der Waals surface area contributed by atoms with Gasteiger partial charge in [0.05, 0.1) is 5.97 Å². The van der Waals surface area contributed by atoms with Gasteiger partial charge in [0, 0.05) is 25.6 Å². The summed E-state index contributed by atoms with van der Waals surface area (Å²) in [7, 11) is -4.94. The van der Waals surface area contributed by atoms with Gasteiger partial charge < -0.3 is 24.5 Å². The minimum Gasteiger partial charge on any atom is -0.550 e. The topological polar surface area (TPSA) is 144 Å². The maximum atomic E-state index is 10.2. The molecule has 0 bridgehead atoms. The van der Waals surface area contributed by atoms with Crippen LogP contribution in [0.1, 0.15) is 226 Å². The largest absolute Gasteiger partial charge is 1.00 e. The van der Waals surface area contributed by atoms with Gasteiger partial charge in [-0.25, -0.2) is 0 Å². The first-order valence-corrected chi connectivity index (χ1v) is 22.1. The van der Waals surface area contributed by atoms with Crippen LogP contribution in [0, 0.1) is 0 Å². The molecule has 11 heteroatoms. The van der Waals surface area contributed by atoms with Gasteiger partial charge in [0.25, 0.3) is 10.1 Å². The van der Waals surface area contributed by atoms with Crippen molar-refractivity contribution in [2.24, 2.45) is 0 Å². The molecule has 294 valence electrons. The summed E-state index contributed by atoms with van der Waals surface area (Å²) in [5, 5.41) is 17.3. The summed E-state index contributed by atoms with van der Waals surface area (Å²) in [4.78, 5) is 19.7. The van der Waals surface area contributed by atoms with Gasteiger partial charge in [-0.1, -0.05) is 206 Å². The monoisotopic (exact) mass is 765 g/mol. The Morgan fingerprint density at radius 2 is 0.686 bits per heavy atom. The third-order valence-corrected chi connectivity index (χ3v) is 10.3. The quantitative estimate of drug-likeness (QED) is 0.0571. The molecule has 51 heavy (non-hydrogen) atoms. The Morgan fingerprint density at radius 3 is 0.843 bits per heavy atom. The number of carbonyl (C=O) groups excluding carboxylic acids is 2. The molecule has 0 aromatic carbocycles. The Bertz CT molecular complexity index is 780. The van der Waals surface area contributed by atoms with Crippen LogP contribution in [0.3, 0.4) is 0 Å². The fourth-order valence-electron chi connectivity index (χ4n) is 6.07. The van der Waals surface area contributed by atoms with Crippen molar-refractivity contribution < 1.29 is 96.6 Å². The van der Waals surface area contributed by atoms with Crippen molar-refractivity contribution in [1.82, 2.24) is 0 Å². The summed E-state index contributed by atoms with van der Waals surface area (Å²) in [6.07, 6.45) is 44.7. The number of aliphatic carboxylic acids is 2. The second-order valence-electron chi connectivity index (χ2n) is 14.1. The van der Waals surface area contributed by atoms with Crippen molar-refractivity contribution in [2.75, 3.05) is 13.2 Å². The van der Waals surface area contributed by atoms with Crippen LogP contribution in [0.5, 0.6) is 0 Å². The third kappa shape index (κ3) is 50.8. The molecule has 0 amide bonds. The first-order chi connectivity index (χ1) is 23.7. The summed E-state index contributed by atoms with van der Waals surface area (Å²) in [6.45, 7) is 6.60. The number of unbranched alkanes of at least 4 members (excludes halogenated alkanes) is 30. The van der Waals surface area contributed by atoms with E-state index in [9.17, 15) is 28.2 Å². The zero-order valence-corrected chi connectivity index (χ0v) is 38.9. The Hall–Kier alpha value is 0.810. The molecule has 0 fully saturated rings. The normalized spacial score (nSPS) is 11.6. The summed E-state index contributed by atoms with van der Waals surface area (Å²) < 4.78 is 34.3. The van der Waals surface area contributed by atoms with E-state index in [0.717, 1.165) is 13.2 Å². The average molecular weight is 765 g/mol. The van der Waals surface area contributed by atoms with Crippen LogP contribution in [0.25, 0.3) is 0 Å². The number of carboxylic acid groups (broad SMARTS) is 2. The summed E-state index contributed by atoms with van der Waals surface area (Å²) in [5.74, 6) is -4.08. The van der Waals surface area contributed by atoms with Crippen LogP contribution in [0.2, 0.25) is 0 Å². The fraction of sp³-hybridized carbons (Fsp3) is 0.950. The van der Waals surface area contributed by atoms with Crippen LogP contribution in [0.4, 0.5) is 0 Å². The molecule has 1 unspecified atom stereocenters. The van der Waals surface area contributed by atoms with E-state index >= 15 is 0 Å². The molecule has 0 radical (unpaired) electrons. The molecule has 0 heterocycles. The number of carboxylic acids is 2. The SMILES string of the molecule is CCCCCCCCCCCCCCCCCCOCCCCCCCCCCCCCCCCCC.O=C([O-])CC(C(=O)[O-])S(=O)(=O)O.[Na+].[Na+]. The molecular formula is C40H78Na2O8S. The molecule has 0 aromatic rings. The molecule has 0 saturated heterocycles. The summed E-state index contributed by atoms with van der Waals surface area (Å²) >= 11 is 0. The Balaban J connectivity index is -0.000000671. The average Bonchev–Trinajstić information content (AvgIpc) is 3.05. The maximum Gasteiger partial charge on any atom is 1.00 e. The van der Waals surface area contributed by atoms with E-state index < -0.39 is 33.7 Å². The van der Waals surface area contributed by atoms with Gasteiger partial charge in [-0.05, 0) is 12.8 Å². The first kappa shape index (κ1) is 58.5. The van der Waals surface area contributed by atoms with E-state index in [2.05, 4.69) is 13.8 Å². The van der Waals surface area contributed by atoms with E-state index in [1.54, 1.807) is 0 Å². The molecule has 1 N–H and O–H groups in total.